The first-order chi connectivity index (χ1) is 13.5. The van der Waals surface area contributed by atoms with Gasteiger partial charge in [0.1, 0.15) is 17.1 Å². The molecule has 150 valence electrons. The van der Waals surface area contributed by atoms with Crippen molar-refractivity contribution in [3.63, 3.8) is 0 Å². The Kier molecular flexibility index (Phi) is 5.07. The Bertz CT molecular complexity index is 982. The number of ether oxygens (including phenoxy) is 1. The van der Waals surface area contributed by atoms with E-state index in [-0.39, 0.29) is 17.0 Å². The van der Waals surface area contributed by atoms with Crippen LogP contribution >= 0.6 is 0 Å². The van der Waals surface area contributed by atoms with E-state index in [1.54, 1.807) is 0 Å². The van der Waals surface area contributed by atoms with Crippen molar-refractivity contribution >= 4 is 16.8 Å². The first-order valence-corrected chi connectivity index (χ1v) is 9.65. The number of nitrogens with zero attached hydrogens (tertiary/aromatic N) is 2. The summed E-state index contributed by atoms with van der Waals surface area (Å²) in [6.07, 6.45) is 1.30. The summed E-state index contributed by atoms with van der Waals surface area (Å²) in [5, 5.41) is 13.6. The van der Waals surface area contributed by atoms with Crippen LogP contribution in [-0.2, 0) is 11.2 Å². The second-order valence-electron chi connectivity index (χ2n) is 7.46. The van der Waals surface area contributed by atoms with Crippen LogP contribution in [0.5, 0.6) is 5.75 Å². The highest BCUT2D eigenvalue weighted by atomic mass is 19.1. The summed E-state index contributed by atoms with van der Waals surface area (Å²) in [5.74, 6) is -1.57. The maximum absolute atomic E-state index is 14.0. The van der Waals surface area contributed by atoms with Crippen LogP contribution in [0.2, 0.25) is 0 Å². The molecule has 0 saturated carbocycles. The van der Waals surface area contributed by atoms with Gasteiger partial charge in [-0.2, -0.15) is 0 Å². The number of nitrogens with one attached hydrogen (secondary N) is 1. The van der Waals surface area contributed by atoms with E-state index in [9.17, 15) is 19.1 Å². The highest BCUT2D eigenvalue weighted by Gasteiger charge is 2.28. The van der Waals surface area contributed by atoms with Gasteiger partial charge in [0.15, 0.2) is 0 Å². The minimum Gasteiger partial charge on any atom is -0.506 e. The van der Waals surface area contributed by atoms with Crippen molar-refractivity contribution in [3.05, 3.63) is 39.4 Å². The lowest BCUT2D eigenvalue weighted by Crippen LogP contribution is -2.42. The molecule has 2 aliphatic heterocycles. The molecular formula is C20H24FN3O4. The van der Waals surface area contributed by atoms with Crippen LogP contribution in [0.3, 0.4) is 0 Å². The molecule has 28 heavy (non-hydrogen) atoms. The number of amides is 1. The van der Waals surface area contributed by atoms with Gasteiger partial charge in [-0.05, 0) is 37.5 Å². The van der Waals surface area contributed by atoms with Crippen LogP contribution in [0, 0.1) is 5.82 Å². The third-order valence-electron chi connectivity index (χ3n) is 5.64. The van der Waals surface area contributed by atoms with Crippen molar-refractivity contribution < 1.29 is 19.0 Å². The molecule has 1 aromatic heterocycles. The zero-order valence-electron chi connectivity index (χ0n) is 15.8. The van der Waals surface area contributed by atoms with Crippen molar-refractivity contribution in [2.45, 2.75) is 25.8 Å². The van der Waals surface area contributed by atoms with E-state index in [1.807, 2.05) is 6.92 Å². The van der Waals surface area contributed by atoms with E-state index >= 15 is 0 Å². The Morgan fingerprint density at radius 1 is 1.36 bits per heavy atom. The average molecular weight is 389 g/mol. The molecule has 1 atom stereocenters. The summed E-state index contributed by atoms with van der Waals surface area (Å²) < 4.78 is 20.9. The average Bonchev–Trinajstić information content (AvgIpc) is 2.67. The van der Waals surface area contributed by atoms with Gasteiger partial charge in [-0.3, -0.25) is 14.5 Å². The number of hydrogen-bond acceptors (Lipinski definition) is 5. The fraction of sp³-hybridized carbons (Fsp3) is 0.500. The van der Waals surface area contributed by atoms with E-state index in [0.717, 1.165) is 13.1 Å². The third kappa shape index (κ3) is 3.27. The Hall–Kier alpha value is -2.45. The van der Waals surface area contributed by atoms with Crippen molar-refractivity contribution in [1.82, 2.24) is 14.8 Å². The monoisotopic (exact) mass is 389 g/mol. The Morgan fingerprint density at radius 3 is 2.86 bits per heavy atom. The summed E-state index contributed by atoms with van der Waals surface area (Å²) in [6.45, 7) is 5.79. The Labute approximate surface area is 161 Å². The molecule has 2 aliphatic rings. The van der Waals surface area contributed by atoms with E-state index in [0.29, 0.717) is 50.2 Å². The van der Waals surface area contributed by atoms with Crippen molar-refractivity contribution in [2.24, 2.45) is 0 Å². The summed E-state index contributed by atoms with van der Waals surface area (Å²) in [4.78, 5) is 27.9. The van der Waals surface area contributed by atoms with Gasteiger partial charge in [0.05, 0.1) is 18.7 Å². The van der Waals surface area contributed by atoms with Crippen LogP contribution in [-0.4, -0.2) is 59.9 Å². The van der Waals surface area contributed by atoms with Crippen LogP contribution in [0.15, 0.2) is 16.9 Å². The number of carbonyl (C=O) groups excluding carboxylic acids is 1. The minimum atomic E-state index is -0.634. The summed E-state index contributed by atoms with van der Waals surface area (Å²) in [7, 11) is 0. The van der Waals surface area contributed by atoms with Crippen LogP contribution in [0.4, 0.5) is 4.39 Å². The van der Waals surface area contributed by atoms with Gasteiger partial charge in [-0.25, -0.2) is 4.39 Å². The van der Waals surface area contributed by atoms with Crippen LogP contribution in [0.25, 0.3) is 10.9 Å². The van der Waals surface area contributed by atoms with Crippen LogP contribution < -0.4 is 10.9 Å². The molecule has 0 unspecified atom stereocenters. The van der Waals surface area contributed by atoms with E-state index in [1.165, 1.54) is 16.7 Å². The lowest BCUT2D eigenvalue weighted by Gasteiger charge is -2.27. The predicted molar refractivity (Wildman–Crippen MR) is 102 cm³/mol. The van der Waals surface area contributed by atoms with Crippen molar-refractivity contribution in [3.8, 4) is 5.75 Å². The summed E-state index contributed by atoms with van der Waals surface area (Å²) in [5.41, 5.74) is 0.348. The molecule has 0 aliphatic carbocycles. The molecule has 0 radical (unpaired) electrons. The first kappa shape index (κ1) is 18.9. The summed E-state index contributed by atoms with van der Waals surface area (Å²) in [6, 6.07) is 2.45. The number of benzene rings is 1. The van der Waals surface area contributed by atoms with Crippen molar-refractivity contribution in [2.75, 3.05) is 39.4 Å². The fourth-order valence-electron chi connectivity index (χ4n) is 4.13. The molecular weight excluding hydrogens is 365 g/mol. The highest BCUT2D eigenvalue weighted by molar-refractivity contribution is 6.03. The number of aryl methyl sites for hydroxylation is 1. The molecule has 8 heteroatoms. The van der Waals surface area contributed by atoms with Gasteiger partial charge in [0, 0.05) is 37.6 Å². The number of aromatic nitrogens is 1. The summed E-state index contributed by atoms with van der Waals surface area (Å²) >= 11 is 0. The van der Waals surface area contributed by atoms with Crippen molar-refractivity contribution in [1.29, 1.82) is 0 Å². The molecule has 4 rings (SSSR count). The number of halogens is 1. The topological polar surface area (TPSA) is 83.8 Å². The lowest BCUT2D eigenvalue weighted by atomic mass is 9.95. The Balaban J connectivity index is 1.67. The van der Waals surface area contributed by atoms with Crippen LogP contribution in [0.1, 0.15) is 35.3 Å². The van der Waals surface area contributed by atoms with Gasteiger partial charge < -0.3 is 19.7 Å². The molecule has 1 fully saturated rings. The number of hydrogen-bond donors (Lipinski definition) is 2. The molecule has 1 saturated heterocycles. The number of aromatic hydroxyl groups is 1. The van der Waals surface area contributed by atoms with Gasteiger partial charge >= 0.3 is 0 Å². The number of rotatable bonds is 4. The second kappa shape index (κ2) is 7.52. The maximum atomic E-state index is 14.0. The fourth-order valence-corrected chi connectivity index (χ4v) is 4.13. The first-order valence-electron chi connectivity index (χ1n) is 9.65. The standard InChI is InChI=1S/C20H24FN3O4/c1-12-2-3-13-10-14(21)11-15-17(13)24(12)20(27)16(18(15)25)19(26)22-4-5-23-6-8-28-9-7-23/h10-12,25H,2-9H2,1H3,(H,22,26)/t12-/m0/s1. The van der Waals surface area contributed by atoms with E-state index in [2.05, 4.69) is 10.2 Å². The number of pyridine rings is 1. The molecule has 1 amide bonds. The van der Waals surface area contributed by atoms with Gasteiger partial charge in [0.25, 0.3) is 11.5 Å². The minimum absolute atomic E-state index is 0.131. The van der Waals surface area contributed by atoms with Gasteiger partial charge in [0.2, 0.25) is 0 Å². The Morgan fingerprint density at radius 2 is 2.11 bits per heavy atom. The zero-order valence-corrected chi connectivity index (χ0v) is 15.8. The zero-order chi connectivity index (χ0) is 19.8. The number of carbonyl (C=O) groups is 1. The molecule has 2 aromatic rings. The molecule has 0 spiro atoms. The normalized spacial score (nSPS) is 19.7. The molecule has 7 nitrogen and oxygen atoms in total. The SMILES string of the molecule is C[C@H]1CCc2cc(F)cc3c(O)c(C(=O)NCCN4CCOCC4)c(=O)n1c23. The largest absolute Gasteiger partial charge is 0.506 e. The third-order valence-corrected chi connectivity index (χ3v) is 5.64. The van der Waals surface area contributed by atoms with Gasteiger partial charge in [-0.1, -0.05) is 0 Å². The van der Waals surface area contributed by atoms with E-state index in [4.69, 9.17) is 4.74 Å². The smallest absolute Gasteiger partial charge is 0.267 e. The maximum Gasteiger partial charge on any atom is 0.267 e. The second-order valence-corrected chi connectivity index (χ2v) is 7.46. The lowest BCUT2D eigenvalue weighted by molar-refractivity contribution is 0.0383. The quantitative estimate of drug-likeness (QED) is 0.826. The number of morpholine rings is 1. The highest BCUT2D eigenvalue weighted by Crippen LogP contribution is 2.35. The molecule has 2 N–H and O–H groups in total. The molecule has 0 bridgehead atoms. The predicted octanol–water partition coefficient (Wildman–Crippen LogP) is 1.42. The van der Waals surface area contributed by atoms with Gasteiger partial charge in [-0.15, -0.1) is 0 Å². The molecule has 1 aromatic carbocycles. The molecule has 3 heterocycles. The van der Waals surface area contributed by atoms with E-state index < -0.39 is 23.0 Å².